The Kier molecular flexibility index (Phi) is 2.65. The van der Waals surface area contributed by atoms with Gasteiger partial charge in [0.15, 0.2) is 0 Å². The Labute approximate surface area is 99.9 Å². The van der Waals surface area contributed by atoms with Crippen LogP contribution in [0.5, 0.6) is 0 Å². The number of hydrogen-bond donors (Lipinski definition) is 1. The van der Waals surface area contributed by atoms with Crippen molar-refractivity contribution in [1.29, 1.82) is 0 Å². The van der Waals surface area contributed by atoms with Crippen LogP contribution >= 0.6 is 0 Å². The molecule has 0 unspecified atom stereocenters. The van der Waals surface area contributed by atoms with E-state index in [2.05, 4.69) is 4.98 Å². The van der Waals surface area contributed by atoms with E-state index in [0.29, 0.717) is 6.42 Å². The van der Waals surface area contributed by atoms with E-state index in [1.807, 2.05) is 29.9 Å². The second-order valence-corrected chi connectivity index (χ2v) is 5.01. The van der Waals surface area contributed by atoms with Crippen molar-refractivity contribution in [2.75, 3.05) is 0 Å². The van der Waals surface area contributed by atoms with Crippen molar-refractivity contribution in [3.63, 3.8) is 0 Å². The number of aromatic nitrogens is 2. The lowest BCUT2D eigenvalue weighted by molar-refractivity contribution is -0.146. The van der Waals surface area contributed by atoms with E-state index in [9.17, 15) is 4.79 Å². The van der Waals surface area contributed by atoms with E-state index in [4.69, 9.17) is 5.11 Å². The van der Waals surface area contributed by atoms with Crippen molar-refractivity contribution in [2.45, 2.75) is 20.3 Å². The number of rotatable bonds is 3. The molecule has 90 valence electrons. The van der Waals surface area contributed by atoms with Gasteiger partial charge in [-0.1, -0.05) is 0 Å². The molecule has 0 amide bonds. The molecule has 0 radical (unpaired) electrons. The maximum absolute atomic E-state index is 11.1. The van der Waals surface area contributed by atoms with Crippen molar-refractivity contribution >= 4 is 17.0 Å². The molecule has 0 spiro atoms. The summed E-state index contributed by atoms with van der Waals surface area (Å²) in [4.78, 5) is 15.4. The molecule has 0 aliphatic heterocycles. The summed E-state index contributed by atoms with van der Waals surface area (Å²) in [6.45, 7) is 3.48. The average molecular weight is 232 g/mol. The van der Waals surface area contributed by atoms with E-state index < -0.39 is 11.4 Å². The van der Waals surface area contributed by atoms with Crippen LogP contribution in [-0.4, -0.2) is 20.6 Å². The highest BCUT2D eigenvalue weighted by molar-refractivity contribution is 5.82. The molecule has 0 saturated heterocycles. The highest BCUT2D eigenvalue weighted by atomic mass is 16.4. The van der Waals surface area contributed by atoms with Crippen LogP contribution in [0.3, 0.4) is 0 Å². The summed E-state index contributed by atoms with van der Waals surface area (Å²) in [5.74, 6) is -0.779. The molecule has 0 aliphatic carbocycles. The van der Waals surface area contributed by atoms with Crippen LogP contribution in [0, 0.1) is 5.41 Å². The number of carboxylic acids is 1. The first-order valence-electron chi connectivity index (χ1n) is 5.54. The monoisotopic (exact) mass is 232 g/mol. The fourth-order valence-electron chi connectivity index (χ4n) is 1.99. The van der Waals surface area contributed by atoms with Crippen LogP contribution in [0.15, 0.2) is 24.5 Å². The standard InChI is InChI=1S/C13H16N2O2/c1-13(2,12(16)17)7-9-8-15(3)11-10(9)5-4-6-14-11/h4-6,8H,7H2,1-3H3,(H,16,17). The highest BCUT2D eigenvalue weighted by Gasteiger charge is 2.28. The molecular weight excluding hydrogens is 216 g/mol. The van der Waals surface area contributed by atoms with E-state index in [0.717, 1.165) is 16.6 Å². The Hall–Kier alpha value is -1.84. The average Bonchev–Trinajstić information content (AvgIpc) is 2.56. The van der Waals surface area contributed by atoms with Gasteiger partial charge in [-0.15, -0.1) is 0 Å². The topological polar surface area (TPSA) is 55.1 Å². The summed E-state index contributed by atoms with van der Waals surface area (Å²) in [5.41, 5.74) is 1.16. The van der Waals surface area contributed by atoms with Gasteiger partial charge in [0.1, 0.15) is 5.65 Å². The molecule has 17 heavy (non-hydrogen) atoms. The number of nitrogens with zero attached hydrogens (tertiary/aromatic N) is 2. The van der Waals surface area contributed by atoms with Gasteiger partial charge < -0.3 is 9.67 Å². The second-order valence-electron chi connectivity index (χ2n) is 5.01. The van der Waals surface area contributed by atoms with Crippen LogP contribution in [-0.2, 0) is 18.3 Å². The van der Waals surface area contributed by atoms with Gasteiger partial charge >= 0.3 is 5.97 Å². The van der Waals surface area contributed by atoms with Gasteiger partial charge in [0.25, 0.3) is 0 Å². The van der Waals surface area contributed by atoms with Gasteiger partial charge in [-0.2, -0.15) is 0 Å². The van der Waals surface area contributed by atoms with E-state index in [1.165, 1.54) is 0 Å². The minimum atomic E-state index is -0.779. The number of aryl methyl sites for hydroxylation is 1. The fourth-order valence-corrected chi connectivity index (χ4v) is 1.99. The number of hydrogen-bond acceptors (Lipinski definition) is 2. The lowest BCUT2D eigenvalue weighted by Crippen LogP contribution is -2.26. The van der Waals surface area contributed by atoms with Crippen molar-refractivity contribution < 1.29 is 9.90 Å². The number of fused-ring (bicyclic) bond motifs is 1. The van der Waals surface area contributed by atoms with Crippen LogP contribution in [0.2, 0.25) is 0 Å². The van der Waals surface area contributed by atoms with Gasteiger partial charge in [0, 0.05) is 24.8 Å². The summed E-state index contributed by atoms with van der Waals surface area (Å²) in [6.07, 6.45) is 4.21. The maximum Gasteiger partial charge on any atom is 0.309 e. The Bertz CT molecular complexity index is 570. The van der Waals surface area contributed by atoms with Crippen LogP contribution in [0.25, 0.3) is 11.0 Å². The molecule has 2 aromatic heterocycles. The quantitative estimate of drug-likeness (QED) is 0.882. The minimum Gasteiger partial charge on any atom is -0.481 e. The minimum absolute atomic E-state index is 0.505. The molecule has 0 bridgehead atoms. The zero-order chi connectivity index (χ0) is 12.6. The third kappa shape index (κ3) is 2.02. The summed E-state index contributed by atoms with van der Waals surface area (Å²) >= 11 is 0. The molecule has 0 atom stereocenters. The predicted octanol–water partition coefficient (Wildman–Crippen LogP) is 2.23. The summed E-state index contributed by atoms with van der Waals surface area (Å²) in [7, 11) is 1.92. The smallest absolute Gasteiger partial charge is 0.309 e. The Morgan fingerprint density at radius 1 is 1.53 bits per heavy atom. The number of carboxylic acid groups (broad SMARTS) is 1. The molecule has 2 aromatic rings. The van der Waals surface area contributed by atoms with E-state index in [1.54, 1.807) is 20.0 Å². The Morgan fingerprint density at radius 2 is 2.24 bits per heavy atom. The molecule has 4 heteroatoms. The number of aliphatic carboxylic acids is 1. The van der Waals surface area contributed by atoms with Crippen molar-refractivity contribution in [1.82, 2.24) is 9.55 Å². The summed E-state index contributed by atoms with van der Waals surface area (Å²) in [5, 5.41) is 10.2. The predicted molar refractivity (Wildman–Crippen MR) is 65.8 cm³/mol. The molecule has 0 aliphatic rings. The van der Waals surface area contributed by atoms with Crippen molar-refractivity contribution in [3.8, 4) is 0 Å². The van der Waals surface area contributed by atoms with Gasteiger partial charge in [0.2, 0.25) is 0 Å². The lowest BCUT2D eigenvalue weighted by Gasteiger charge is -2.18. The first-order chi connectivity index (χ1) is 7.92. The third-order valence-corrected chi connectivity index (χ3v) is 3.03. The van der Waals surface area contributed by atoms with Crippen molar-refractivity contribution in [3.05, 3.63) is 30.1 Å². The van der Waals surface area contributed by atoms with Crippen molar-refractivity contribution in [2.24, 2.45) is 12.5 Å². The zero-order valence-corrected chi connectivity index (χ0v) is 10.3. The van der Waals surface area contributed by atoms with Gasteiger partial charge in [-0.3, -0.25) is 4.79 Å². The molecule has 0 fully saturated rings. The van der Waals surface area contributed by atoms with E-state index >= 15 is 0 Å². The molecule has 2 heterocycles. The third-order valence-electron chi connectivity index (χ3n) is 3.03. The number of carbonyl (C=O) groups is 1. The molecule has 4 nitrogen and oxygen atoms in total. The SMILES string of the molecule is Cn1cc(CC(C)(C)C(=O)O)c2cccnc21. The zero-order valence-electron chi connectivity index (χ0n) is 10.3. The fraction of sp³-hybridized carbons (Fsp3) is 0.385. The first-order valence-corrected chi connectivity index (χ1v) is 5.54. The summed E-state index contributed by atoms with van der Waals surface area (Å²) < 4.78 is 1.93. The first kappa shape index (κ1) is 11.6. The largest absolute Gasteiger partial charge is 0.481 e. The Balaban J connectivity index is 2.47. The van der Waals surface area contributed by atoms with Crippen LogP contribution in [0.4, 0.5) is 0 Å². The lowest BCUT2D eigenvalue weighted by atomic mass is 9.86. The summed E-state index contributed by atoms with van der Waals surface area (Å²) in [6, 6.07) is 3.86. The van der Waals surface area contributed by atoms with Crippen LogP contribution < -0.4 is 0 Å². The molecule has 0 saturated carbocycles. The normalized spacial score (nSPS) is 11.9. The Morgan fingerprint density at radius 3 is 2.88 bits per heavy atom. The molecule has 2 rings (SSSR count). The molecule has 1 N–H and O–H groups in total. The van der Waals surface area contributed by atoms with Gasteiger partial charge in [-0.05, 0) is 38.0 Å². The molecular formula is C13H16N2O2. The number of pyridine rings is 1. The van der Waals surface area contributed by atoms with E-state index in [-0.39, 0.29) is 0 Å². The maximum atomic E-state index is 11.1. The molecule has 0 aromatic carbocycles. The highest BCUT2D eigenvalue weighted by Crippen LogP contribution is 2.27. The van der Waals surface area contributed by atoms with Gasteiger partial charge in [0.05, 0.1) is 5.41 Å². The second kappa shape index (κ2) is 3.87. The van der Waals surface area contributed by atoms with Crippen LogP contribution in [0.1, 0.15) is 19.4 Å². The van der Waals surface area contributed by atoms with Gasteiger partial charge in [-0.25, -0.2) is 4.98 Å².